The molecular weight excluding hydrogens is 675 g/mol. The molecule has 0 rings (SSSR count). The number of carbonyl (C=O) groups excluding carboxylic acids is 2. The molecule has 7 heteroatoms. The second kappa shape index (κ2) is 41.5. The lowest BCUT2D eigenvalue weighted by Gasteiger charge is -2.25. The van der Waals surface area contributed by atoms with Crippen LogP contribution in [-0.2, 0) is 19.1 Å². The minimum atomic E-state index is -0.408. The zero-order chi connectivity index (χ0) is 39.7. The van der Waals surface area contributed by atoms with Gasteiger partial charge in [0.2, 0.25) is 0 Å². The van der Waals surface area contributed by atoms with Crippen molar-refractivity contribution >= 4 is 11.9 Å². The molecule has 0 bridgehead atoms. The standard InChI is InChI=1S/C47H93NO6/c1-5-9-13-18-30-43(28-11-7-3)32-26-40-53-46(51)35-20-15-16-23-37-48(38-24-17-25-39-49)42-45(50)34-21-22-36-47(52)54-41-27-33-44(29-12-8-4)31-19-14-10-6-2/h43-45,49-50H,5-42H2,1-4H3. The van der Waals surface area contributed by atoms with E-state index in [1.54, 1.807) is 0 Å². The third-order valence-corrected chi connectivity index (χ3v) is 11.3. The van der Waals surface area contributed by atoms with E-state index < -0.39 is 6.10 Å². The van der Waals surface area contributed by atoms with Crippen LogP contribution < -0.4 is 0 Å². The molecule has 0 aliphatic heterocycles. The molecule has 322 valence electrons. The molecule has 0 saturated heterocycles. The molecular formula is C47H93NO6. The molecule has 0 aromatic heterocycles. The number of ether oxygens (including phenoxy) is 2. The van der Waals surface area contributed by atoms with Crippen LogP contribution in [0.1, 0.15) is 233 Å². The van der Waals surface area contributed by atoms with E-state index in [1.165, 1.54) is 109 Å². The molecule has 0 amide bonds. The van der Waals surface area contributed by atoms with Gasteiger partial charge in [-0.15, -0.1) is 0 Å². The lowest BCUT2D eigenvalue weighted by Crippen LogP contribution is -2.34. The Morgan fingerprint density at radius 3 is 1.33 bits per heavy atom. The van der Waals surface area contributed by atoms with Crippen LogP contribution in [0, 0.1) is 11.8 Å². The molecule has 0 saturated carbocycles. The average Bonchev–Trinajstić information content (AvgIpc) is 3.17. The molecule has 0 radical (unpaired) electrons. The SMILES string of the molecule is CCCCCCC(CCCC)CCCOC(=O)CCCCCCN(CCCCCO)CC(O)CCCCC(=O)OCCCC(CCCC)CCCCCC. The van der Waals surface area contributed by atoms with E-state index in [9.17, 15) is 19.8 Å². The highest BCUT2D eigenvalue weighted by atomic mass is 16.5. The van der Waals surface area contributed by atoms with Crippen molar-refractivity contribution in [3.8, 4) is 0 Å². The monoisotopic (exact) mass is 768 g/mol. The van der Waals surface area contributed by atoms with E-state index >= 15 is 0 Å². The van der Waals surface area contributed by atoms with Crippen LogP contribution in [0.15, 0.2) is 0 Å². The second-order valence-corrected chi connectivity index (χ2v) is 16.6. The molecule has 3 unspecified atom stereocenters. The van der Waals surface area contributed by atoms with Crippen molar-refractivity contribution in [1.82, 2.24) is 4.90 Å². The molecule has 2 N–H and O–H groups in total. The van der Waals surface area contributed by atoms with Crippen LogP contribution in [-0.4, -0.2) is 72.6 Å². The van der Waals surface area contributed by atoms with Crippen molar-refractivity contribution in [3.63, 3.8) is 0 Å². The summed E-state index contributed by atoms with van der Waals surface area (Å²) in [5, 5.41) is 20.0. The number of esters is 2. The molecule has 3 atom stereocenters. The largest absolute Gasteiger partial charge is 0.466 e. The topological polar surface area (TPSA) is 96.3 Å². The Morgan fingerprint density at radius 2 is 0.852 bits per heavy atom. The molecule has 0 aliphatic carbocycles. The lowest BCUT2D eigenvalue weighted by atomic mass is 9.91. The van der Waals surface area contributed by atoms with Crippen LogP contribution >= 0.6 is 0 Å². The highest BCUT2D eigenvalue weighted by molar-refractivity contribution is 5.69. The number of nitrogens with zero attached hydrogens (tertiary/aromatic N) is 1. The fraction of sp³-hybridized carbons (Fsp3) is 0.957. The smallest absolute Gasteiger partial charge is 0.305 e. The minimum Gasteiger partial charge on any atom is -0.466 e. The zero-order valence-corrected chi connectivity index (χ0v) is 36.6. The predicted molar refractivity (Wildman–Crippen MR) is 229 cm³/mol. The maximum atomic E-state index is 12.3. The number of hydrogen-bond acceptors (Lipinski definition) is 7. The van der Waals surface area contributed by atoms with Crippen molar-refractivity contribution in [2.24, 2.45) is 11.8 Å². The molecule has 54 heavy (non-hydrogen) atoms. The van der Waals surface area contributed by atoms with Crippen molar-refractivity contribution in [2.75, 3.05) is 39.5 Å². The molecule has 0 heterocycles. The summed E-state index contributed by atoms with van der Waals surface area (Å²) in [5.41, 5.74) is 0. The third kappa shape index (κ3) is 36.5. The summed E-state index contributed by atoms with van der Waals surface area (Å²) in [7, 11) is 0. The third-order valence-electron chi connectivity index (χ3n) is 11.3. The quantitative estimate of drug-likeness (QED) is 0.0471. The maximum Gasteiger partial charge on any atom is 0.305 e. The molecule has 0 spiro atoms. The summed E-state index contributed by atoms with van der Waals surface area (Å²) in [4.78, 5) is 27.0. The highest BCUT2D eigenvalue weighted by Gasteiger charge is 2.14. The van der Waals surface area contributed by atoms with Crippen LogP contribution in [0.2, 0.25) is 0 Å². The summed E-state index contributed by atoms with van der Waals surface area (Å²) in [6, 6.07) is 0. The van der Waals surface area contributed by atoms with E-state index in [2.05, 4.69) is 32.6 Å². The van der Waals surface area contributed by atoms with E-state index in [0.29, 0.717) is 39.0 Å². The van der Waals surface area contributed by atoms with Gasteiger partial charge < -0.3 is 24.6 Å². The molecule has 7 nitrogen and oxygen atoms in total. The van der Waals surface area contributed by atoms with E-state index in [-0.39, 0.29) is 18.5 Å². The molecule has 0 aromatic rings. The Labute approximate surface area is 335 Å². The van der Waals surface area contributed by atoms with Crippen molar-refractivity contribution in [1.29, 1.82) is 0 Å². The van der Waals surface area contributed by atoms with Crippen LogP contribution in [0.4, 0.5) is 0 Å². The van der Waals surface area contributed by atoms with Gasteiger partial charge in [-0.05, 0) is 95.6 Å². The number of aliphatic hydroxyl groups excluding tert-OH is 2. The first-order chi connectivity index (χ1) is 26.4. The van der Waals surface area contributed by atoms with Gasteiger partial charge in [0.15, 0.2) is 0 Å². The van der Waals surface area contributed by atoms with Crippen molar-refractivity contribution in [3.05, 3.63) is 0 Å². The van der Waals surface area contributed by atoms with Crippen molar-refractivity contribution < 1.29 is 29.3 Å². The van der Waals surface area contributed by atoms with Gasteiger partial charge in [-0.2, -0.15) is 0 Å². The van der Waals surface area contributed by atoms with Gasteiger partial charge in [0.05, 0.1) is 19.3 Å². The summed E-state index contributed by atoms with van der Waals surface area (Å²) in [6.07, 6.45) is 34.8. The summed E-state index contributed by atoms with van der Waals surface area (Å²) in [5.74, 6) is 1.40. The van der Waals surface area contributed by atoms with Gasteiger partial charge in [0.1, 0.15) is 0 Å². The van der Waals surface area contributed by atoms with E-state index in [0.717, 1.165) is 102 Å². The lowest BCUT2D eigenvalue weighted by molar-refractivity contribution is -0.144. The van der Waals surface area contributed by atoms with Gasteiger partial charge in [0, 0.05) is 26.0 Å². The fourth-order valence-electron chi connectivity index (χ4n) is 7.75. The van der Waals surface area contributed by atoms with Gasteiger partial charge in [0.25, 0.3) is 0 Å². The van der Waals surface area contributed by atoms with Crippen LogP contribution in [0.3, 0.4) is 0 Å². The van der Waals surface area contributed by atoms with Gasteiger partial charge >= 0.3 is 11.9 Å². The number of hydrogen-bond donors (Lipinski definition) is 2. The van der Waals surface area contributed by atoms with Crippen LogP contribution in [0.5, 0.6) is 0 Å². The highest BCUT2D eigenvalue weighted by Crippen LogP contribution is 2.23. The molecule has 0 fully saturated rings. The summed E-state index contributed by atoms with van der Waals surface area (Å²) in [6.45, 7) is 12.9. The summed E-state index contributed by atoms with van der Waals surface area (Å²) < 4.78 is 11.1. The first-order valence-corrected chi connectivity index (χ1v) is 23.7. The normalized spacial score (nSPS) is 13.3. The Morgan fingerprint density at radius 1 is 0.463 bits per heavy atom. The number of carbonyl (C=O) groups is 2. The number of aliphatic hydroxyl groups is 2. The summed E-state index contributed by atoms with van der Waals surface area (Å²) >= 11 is 0. The Kier molecular flexibility index (Phi) is 40.5. The van der Waals surface area contributed by atoms with Crippen molar-refractivity contribution in [2.45, 2.75) is 239 Å². The van der Waals surface area contributed by atoms with E-state index in [1.807, 2.05) is 0 Å². The number of unbranched alkanes of at least 4 members (excludes halogenated alkanes) is 14. The zero-order valence-electron chi connectivity index (χ0n) is 36.6. The maximum absolute atomic E-state index is 12.3. The Bertz CT molecular complexity index is 794. The predicted octanol–water partition coefficient (Wildman–Crippen LogP) is 12.5. The second-order valence-electron chi connectivity index (χ2n) is 16.6. The minimum absolute atomic E-state index is 0.0515. The molecule has 0 aliphatic rings. The van der Waals surface area contributed by atoms with Gasteiger partial charge in [-0.1, -0.05) is 150 Å². The number of rotatable bonds is 43. The van der Waals surface area contributed by atoms with E-state index in [4.69, 9.17) is 9.47 Å². The Hall–Kier alpha value is -1.18. The molecule has 0 aromatic carbocycles. The fourth-order valence-corrected chi connectivity index (χ4v) is 7.75. The van der Waals surface area contributed by atoms with Gasteiger partial charge in [-0.3, -0.25) is 9.59 Å². The average molecular weight is 768 g/mol. The first kappa shape index (κ1) is 52.8. The van der Waals surface area contributed by atoms with Gasteiger partial charge in [-0.25, -0.2) is 0 Å². The first-order valence-electron chi connectivity index (χ1n) is 23.7. The van der Waals surface area contributed by atoms with Crippen LogP contribution in [0.25, 0.3) is 0 Å². The Balaban J connectivity index is 4.23.